The van der Waals surface area contributed by atoms with Crippen LogP contribution in [0.3, 0.4) is 0 Å². The van der Waals surface area contributed by atoms with Gasteiger partial charge in [-0.3, -0.25) is 9.69 Å². The topological polar surface area (TPSA) is 79.6 Å². The molecule has 1 aromatic carbocycles. The molecule has 2 atom stereocenters. The van der Waals surface area contributed by atoms with Crippen LogP contribution >= 0.6 is 11.6 Å². The average molecular weight is 423 g/mol. The lowest BCUT2D eigenvalue weighted by molar-refractivity contribution is 0.0873. The van der Waals surface area contributed by atoms with Gasteiger partial charge in [-0.15, -0.1) is 0 Å². The van der Waals surface area contributed by atoms with E-state index in [1.165, 1.54) is 6.42 Å². The molecule has 0 bridgehead atoms. The molecular formula is C20H23ClN2O4S. The zero-order valence-corrected chi connectivity index (χ0v) is 17.0. The van der Waals surface area contributed by atoms with E-state index in [0.29, 0.717) is 16.3 Å². The molecule has 8 heteroatoms. The van der Waals surface area contributed by atoms with Gasteiger partial charge in [-0.05, 0) is 50.2 Å². The van der Waals surface area contributed by atoms with Crippen molar-refractivity contribution in [2.24, 2.45) is 0 Å². The van der Waals surface area contributed by atoms with Gasteiger partial charge in [0.05, 0.1) is 22.6 Å². The molecule has 1 amide bonds. The second-order valence-electron chi connectivity index (χ2n) is 7.46. The van der Waals surface area contributed by atoms with E-state index >= 15 is 0 Å². The highest BCUT2D eigenvalue weighted by Gasteiger charge is 2.42. The number of benzene rings is 1. The highest BCUT2D eigenvalue weighted by molar-refractivity contribution is 7.91. The highest BCUT2D eigenvalue weighted by Crippen LogP contribution is 2.29. The molecule has 6 nitrogen and oxygen atoms in total. The standard InChI is InChI=1S/C20H23ClN2O4S/c21-15-7-3-2-6-14(15)18-8-9-19(27-18)20(24)22-16-12-28(25,26)13-17(16)23-10-4-1-5-11-23/h2-3,6-9,16-17H,1,4-5,10-13H2,(H,22,24). The molecule has 2 fully saturated rings. The summed E-state index contributed by atoms with van der Waals surface area (Å²) in [5.41, 5.74) is 0.706. The largest absolute Gasteiger partial charge is 0.451 e. The van der Waals surface area contributed by atoms with Crippen LogP contribution in [0.15, 0.2) is 40.8 Å². The molecule has 4 rings (SSSR count). The normalized spacial score (nSPS) is 24.9. The summed E-state index contributed by atoms with van der Waals surface area (Å²) in [5, 5.41) is 3.43. The van der Waals surface area contributed by atoms with Gasteiger partial charge in [0.15, 0.2) is 15.6 Å². The van der Waals surface area contributed by atoms with Crippen molar-refractivity contribution in [2.75, 3.05) is 24.6 Å². The number of hydrogen-bond donors (Lipinski definition) is 1. The van der Waals surface area contributed by atoms with Crippen LogP contribution in [0.1, 0.15) is 29.8 Å². The number of likely N-dealkylation sites (tertiary alicyclic amines) is 1. The third-order valence-electron chi connectivity index (χ3n) is 5.47. The Kier molecular flexibility index (Phi) is 5.49. The molecule has 2 unspecified atom stereocenters. The van der Waals surface area contributed by atoms with Gasteiger partial charge in [0, 0.05) is 11.6 Å². The average Bonchev–Trinajstić information content (AvgIpc) is 3.27. The molecule has 3 heterocycles. The number of carbonyl (C=O) groups excluding carboxylic acids is 1. The zero-order chi connectivity index (χ0) is 19.7. The van der Waals surface area contributed by atoms with Crippen molar-refractivity contribution in [3.8, 4) is 11.3 Å². The Balaban J connectivity index is 1.50. The van der Waals surface area contributed by atoms with Gasteiger partial charge in [-0.25, -0.2) is 8.42 Å². The Bertz CT molecular complexity index is 966. The van der Waals surface area contributed by atoms with Gasteiger partial charge in [-0.1, -0.05) is 30.2 Å². The highest BCUT2D eigenvalue weighted by atomic mass is 35.5. The lowest BCUT2D eigenvalue weighted by Crippen LogP contribution is -2.52. The zero-order valence-electron chi connectivity index (χ0n) is 15.4. The first-order valence-corrected chi connectivity index (χ1v) is 11.7. The van der Waals surface area contributed by atoms with E-state index in [9.17, 15) is 13.2 Å². The van der Waals surface area contributed by atoms with Crippen LogP contribution in [0, 0.1) is 0 Å². The minimum Gasteiger partial charge on any atom is -0.451 e. The molecule has 1 aromatic heterocycles. The van der Waals surface area contributed by atoms with Crippen LogP contribution in [0.2, 0.25) is 5.02 Å². The minimum absolute atomic E-state index is 0.0298. The summed E-state index contributed by atoms with van der Waals surface area (Å²) in [4.78, 5) is 14.9. The van der Waals surface area contributed by atoms with Crippen molar-refractivity contribution in [2.45, 2.75) is 31.3 Å². The lowest BCUT2D eigenvalue weighted by Gasteiger charge is -2.34. The fourth-order valence-electron chi connectivity index (χ4n) is 4.08. The van der Waals surface area contributed by atoms with Crippen LogP contribution in [0.5, 0.6) is 0 Å². The van der Waals surface area contributed by atoms with E-state index in [1.54, 1.807) is 18.2 Å². The van der Waals surface area contributed by atoms with E-state index in [4.69, 9.17) is 16.0 Å². The Morgan fingerprint density at radius 1 is 1.07 bits per heavy atom. The molecule has 2 aromatic rings. The van der Waals surface area contributed by atoms with Crippen LogP contribution in [-0.4, -0.2) is 55.9 Å². The number of furan rings is 1. The first-order chi connectivity index (χ1) is 13.4. The molecule has 0 spiro atoms. The quantitative estimate of drug-likeness (QED) is 0.819. The summed E-state index contributed by atoms with van der Waals surface area (Å²) in [6.07, 6.45) is 3.30. The molecule has 2 saturated heterocycles. The summed E-state index contributed by atoms with van der Waals surface area (Å²) >= 11 is 6.19. The number of hydrogen-bond acceptors (Lipinski definition) is 5. The van der Waals surface area contributed by atoms with Crippen molar-refractivity contribution >= 4 is 27.3 Å². The second kappa shape index (κ2) is 7.89. The van der Waals surface area contributed by atoms with Crippen molar-refractivity contribution < 1.29 is 17.6 Å². The second-order valence-corrected chi connectivity index (χ2v) is 10.0. The van der Waals surface area contributed by atoms with Crippen molar-refractivity contribution in [1.29, 1.82) is 0 Å². The number of carbonyl (C=O) groups is 1. The van der Waals surface area contributed by atoms with Crippen LogP contribution in [0.4, 0.5) is 0 Å². The Hall–Kier alpha value is -1.83. The van der Waals surface area contributed by atoms with Gasteiger partial charge in [0.1, 0.15) is 5.76 Å². The summed E-state index contributed by atoms with van der Waals surface area (Å²) < 4.78 is 30.1. The molecule has 150 valence electrons. The predicted molar refractivity (Wildman–Crippen MR) is 108 cm³/mol. The van der Waals surface area contributed by atoms with Crippen molar-refractivity contribution in [3.05, 3.63) is 47.2 Å². The molecule has 0 saturated carbocycles. The Morgan fingerprint density at radius 2 is 1.82 bits per heavy atom. The number of nitrogens with one attached hydrogen (secondary N) is 1. The number of halogens is 1. The molecule has 1 N–H and O–H groups in total. The van der Waals surface area contributed by atoms with E-state index in [0.717, 1.165) is 25.9 Å². The number of piperidine rings is 1. The molecule has 28 heavy (non-hydrogen) atoms. The summed E-state index contributed by atoms with van der Waals surface area (Å²) in [6, 6.07) is 9.93. The fraction of sp³-hybridized carbons (Fsp3) is 0.450. The van der Waals surface area contributed by atoms with Gasteiger partial charge in [0.2, 0.25) is 0 Å². The molecular weight excluding hydrogens is 400 g/mol. The Morgan fingerprint density at radius 3 is 2.57 bits per heavy atom. The van der Waals surface area contributed by atoms with E-state index < -0.39 is 21.8 Å². The van der Waals surface area contributed by atoms with Crippen LogP contribution in [-0.2, 0) is 9.84 Å². The van der Waals surface area contributed by atoms with Gasteiger partial charge in [0.25, 0.3) is 5.91 Å². The molecule has 0 radical (unpaired) electrons. The van der Waals surface area contributed by atoms with Crippen molar-refractivity contribution in [3.63, 3.8) is 0 Å². The van der Waals surface area contributed by atoms with Crippen LogP contribution in [0.25, 0.3) is 11.3 Å². The first kappa shape index (κ1) is 19.5. The number of amides is 1. The van der Waals surface area contributed by atoms with Gasteiger partial charge >= 0.3 is 0 Å². The Labute approximate surface area is 169 Å². The minimum atomic E-state index is -3.17. The van der Waals surface area contributed by atoms with Crippen molar-refractivity contribution in [1.82, 2.24) is 10.2 Å². The maximum absolute atomic E-state index is 12.7. The van der Waals surface area contributed by atoms with E-state index in [2.05, 4.69) is 10.2 Å². The smallest absolute Gasteiger partial charge is 0.287 e. The van der Waals surface area contributed by atoms with E-state index in [1.807, 2.05) is 18.2 Å². The maximum Gasteiger partial charge on any atom is 0.287 e. The van der Waals surface area contributed by atoms with Gasteiger partial charge < -0.3 is 9.73 Å². The number of rotatable bonds is 4. The van der Waals surface area contributed by atoms with Crippen LogP contribution < -0.4 is 5.32 Å². The monoisotopic (exact) mass is 422 g/mol. The van der Waals surface area contributed by atoms with Gasteiger partial charge in [-0.2, -0.15) is 0 Å². The summed E-state index contributed by atoms with van der Waals surface area (Å²) in [6.45, 7) is 1.76. The molecule has 0 aliphatic carbocycles. The number of nitrogens with zero attached hydrogens (tertiary/aromatic N) is 1. The third-order valence-corrected chi connectivity index (χ3v) is 7.51. The predicted octanol–water partition coefficient (Wildman–Crippen LogP) is 2.98. The van der Waals surface area contributed by atoms with E-state index in [-0.39, 0.29) is 23.3 Å². The fourth-order valence-corrected chi connectivity index (χ4v) is 6.26. The lowest BCUT2D eigenvalue weighted by atomic mass is 10.0. The maximum atomic E-state index is 12.7. The molecule has 2 aliphatic rings. The summed E-state index contributed by atoms with van der Waals surface area (Å²) in [5.74, 6) is 0.320. The molecule has 2 aliphatic heterocycles. The first-order valence-electron chi connectivity index (χ1n) is 9.53. The number of sulfone groups is 1. The third kappa shape index (κ3) is 4.11. The SMILES string of the molecule is O=C(NC1CS(=O)(=O)CC1N1CCCCC1)c1ccc(-c2ccccc2Cl)o1. The summed E-state index contributed by atoms with van der Waals surface area (Å²) in [7, 11) is -3.17.